The predicted octanol–water partition coefficient (Wildman–Crippen LogP) is 4.40. The molecule has 5 nitrogen and oxygen atoms in total. The molecule has 1 heterocycles. The largest absolute Gasteiger partial charge is 0.496 e. The van der Waals surface area contributed by atoms with Crippen LogP contribution in [0.25, 0.3) is 0 Å². The Morgan fingerprint density at radius 3 is 2.45 bits per heavy atom. The summed E-state index contributed by atoms with van der Waals surface area (Å²) >= 11 is 12.2. The number of halogens is 2. The van der Waals surface area contributed by atoms with Crippen LogP contribution in [-0.4, -0.2) is 24.3 Å². The molecule has 7 heteroatoms. The molecule has 22 heavy (non-hydrogen) atoms. The van der Waals surface area contributed by atoms with Gasteiger partial charge in [0.1, 0.15) is 22.2 Å². The van der Waals surface area contributed by atoms with Crippen LogP contribution in [-0.2, 0) is 4.74 Å². The van der Waals surface area contributed by atoms with Crippen LogP contribution in [0, 0.1) is 5.41 Å². The van der Waals surface area contributed by atoms with Gasteiger partial charge in [-0.15, -0.1) is 0 Å². The Morgan fingerprint density at radius 1 is 1.41 bits per heavy atom. The summed E-state index contributed by atoms with van der Waals surface area (Å²) in [6, 6.07) is 1.63. The smallest absolute Gasteiger partial charge is 0.404 e. The van der Waals surface area contributed by atoms with Crippen LogP contribution in [0.5, 0.6) is 5.75 Å². The topological polar surface area (TPSA) is 74.4 Å². The van der Waals surface area contributed by atoms with E-state index in [0.29, 0.717) is 12.2 Å². The number of ether oxygens (including phenoxy) is 2. The number of carbonyl (C=O) groups excluding carboxylic acids is 1. The highest BCUT2D eigenvalue weighted by Gasteiger charge is 2.33. The molecule has 2 atom stereocenters. The minimum absolute atomic E-state index is 0.0610. The van der Waals surface area contributed by atoms with Gasteiger partial charge < -0.3 is 15.2 Å². The molecule has 1 aromatic heterocycles. The van der Waals surface area contributed by atoms with Crippen molar-refractivity contribution in [2.75, 3.05) is 7.11 Å². The van der Waals surface area contributed by atoms with Crippen molar-refractivity contribution < 1.29 is 14.3 Å². The maximum absolute atomic E-state index is 10.9. The van der Waals surface area contributed by atoms with Crippen LogP contribution in [0.15, 0.2) is 6.07 Å². The van der Waals surface area contributed by atoms with Crippen LogP contribution >= 0.6 is 23.2 Å². The van der Waals surface area contributed by atoms with Gasteiger partial charge in [-0.05, 0) is 24.7 Å². The molecule has 0 aromatic carbocycles. The van der Waals surface area contributed by atoms with Crippen LogP contribution in [0.3, 0.4) is 0 Å². The summed E-state index contributed by atoms with van der Waals surface area (Å²) in [6.45, 7) is 7.99. The maximum Gasteiger partial charge on any atom is 0.404 e. The highest BCUT2D eigenvalue weighted by Crippen LogP contribution is 2.45. The van der Waals surface area contributed by atoms with Crippen molar-refractivity contribution in [3.63, 3.8) is 0 Å². The summed E-state index contributed by atoms with van der Waals surface area (Å²) in [7, 11) is 1.55. The van der Waals surface area contributed by atoms with E-state index >= 15 is 0 Å². The Bertz CT molecular complexity index is 544. The molecule has 1 amide bonds. The average Bonchev–Trinajstić information content (AvgIpc) is 2.33. The fourth-order valence-corrected chi connectivity index (χ4v) is 2.98. The predicted molar refractivity (Wildman–Crippen MR) is 87.8 cm³/mol. The third-order valence-corrected chi connectivity index (χ3v) is 3.92. The minimum atomic E-state index is -0.799. The first-order chi connectivity index (χ1) is 10.1. The number of hydrogen-bond donors (Lipinski definition) is 1. The second kappa shape index (κ2) is 7.38. The first kappa shape index (κ1) is 18.8. The summed E-state index contributed by atoms with van der Waals surface area (Å²) in [5, 5.41) is 0.551. The van der Waals surface area contributed by atoms with Gasteiger partial charge in [-0.2, -0.15) is 0 Å². The lowest BCUT2D eigenvalue weighted by molar-refractivity contribution is 0.0956. The van der Waals surface area contributed by atoms with Crippen LogP contribution in [0.1, 0.15) is 45.6 Å². The summed E-state index contributed by atoms with van der Waals surface area (Å²) in [5.41, 5.74) is 5.67. The first-order valence-corrected chi connectivity index (χ1v) is 7.67. The lowest BCUT2D eigenvalue weighted by Gasteiger charge is -2.34. The number of hydrogen-bond acceptors (Lipinski definition) is 4. The van der Waals surface area contributed by atoms with Crippen molar-refractivity contribution in [3.05, 3.63) is 21.9 Å². The van der Waals surface area contributed by atoms with Gasteiger partial charge >= 0.3 is 6.09 Å². The Balaban J connectivity index is 3.27. The fourth-order valence-electron chi connectivity index (χ4n) is 2.44. The monoisotopic (exact) mass is 348 g/mol. The number of methoxy groups -OCH3 is 1. The summed E-state index contributed by atoms with van der Waals surface area (Å²) in [4.78, 5) is 15.0. The van der Waals surface area contributed by atoms with Crippen molar-refractivity contribution >= 4 is 29.3 Å². The van der Waals surface area contributed by atoms with Gasteiger partial charge in [0, 0.05) is 11.6 Å². The molecule has 124 valence electrons. The van der Waals surface area contributed by atoms with Crippen molar-refractivity contribution in [1.82, 2.24) is 4.98 Å². The normalized spacial score (nSPS) is 14.3. The van der Waals surface area contributed by atoms with Crippen molar-refractivity contribution in [2.45, 2.75) is 46.1 Å². The van der Waals surface area contributed by atoms with Crippen molar-refractivity contribution in [2.24, 2.45) is 11.1 Å². The molecule has 0 saturated heterocycles. The molecule has 0 aliphatic rings. The third kappa shape index (κ3) is 4.92. The van der Waals surface area contributed by atoms with E-state index in [4.69, 9.17) is 38.4 Å². The van der Waals surface area contributed by atoms with Gasteiger partial charge in [0.15, 0.2) is 0 Å². The van der Waals surface area contributed by atoms with E-state index in [1.807, 2.05) is 0 Å². The number of pyridine rings is 1. The second-order valence-electron chi connectivity index (χ2n) is 6.25. The van der Waals surface area contributed by atoms with Gasteiger partial charge in [0.2, 0.25) is 0 Å². The summed E-state index contributed by atoms with van der Waals surface area (Å²) in [5.74, 6) is 0.505. The lowest BCUT2D eigenvalue weighted by atomic mass is 9.74. The maximum atomic E-state index is 10.9. The zero-order valence-corrected chi connectivity index (χ0v) is 15.0. The number of rotatable bonds is 5. The Morgan fingerprint density at radius 2 is 2.00 bits per heavy atom. The van der Waals surface area contributed by atoms with Crippen LogP contribution in [0.4, 0.5) is 4.79 Å². The molecule has 2 N–H and O–H groups in total. The summed E-state index contributed by atoms with van der Waals surface area (Å²) < 4.78 is 10.4. The van der Waals surface area contributed by atoms with E-state index in [2.05, 4.69) is 25.8 Å². The van der Waals surface area contributed by atoms with Crippen molar-refractivity contribution in [3.8, 4) is 5.75 Å². The van der Waals surface area contributed by atoms with Gasteiger partial charge in [-0.25, -0.2) is 9.78 Å². The third-order valence-electron chi connectivity index (χ3n) is 3.44. The first-order valence-electron chi connectivity index (χ1n) is 6.92. The Kier molecular flexibility index (Phi) is 6.32. The number of carbonyl (C=O) groups is 1. The SMILES string of the molecule is COc1cc(Cl)nc(Cl)c1C(CC(C)OC(N)=O)C(C)(C)C. The molecular formula is C15H22Cl2N2O3. The molecule has 0 radical (unpaired) electrons. The number of amides is 1. The van der Waals surface area contributed by atoms with E-state index in [9.17, 15) is 4.79 Å². The molecular weight excluding hydrogens is 327 g/mol. The molecule has 1 rings (SSSR count). The fraction of sp³-hybridized carbons (Fsp3) is 0.600. The number of nitrogens with two attached hydrogens (primary N) is 1. The zero-order valence-electron chi connectivity index (χ0n) is 13.4. The van der Waals surface area contributed by atoms with Gasteiger partial charge in [-0.1, -0.05) is 44.0 Å². The molecule has 0 bridgehead atoms. The number of primary amides is 1. The van der Waals surface area contributed by atoms with Gasteiger partial charge in [0.05, 0.1) is 7.11 Å². The standard InChI is InChI=1S/C15H22Cl2N2O3/c1-8(22-14(18)20)6-9(15(2,3)4)12-10(21-5)7-11(16)19-13(12)17/h7-9H,6H2,1-5H3,(H2,18,20). The quantitative estimate of drug-likeness (QED) is 0.800. The van der Waals surface area contributed by atoms with Crippen LogP contribution < -0.4 is 10.5 Å². The molecule has 1 aromatic rings. The molecule has 0 saturated carbocycles. The second-order valence-corrected chi connectivity index (χ2v) is 7.00. The molecule has 2 unspecified atom stereocenters. The molecule has 0 fully saturated rings. The molecule has 0 aliphatic carbocycles. The lowest BCUT2D eigenvalue weighted by Crippen LogP contribution is -2.27. The van der Waals surface area contributed by atoms with Gasteiger partial charge in [0.25, 0.3) is 0 Å². The van der Waals surface area contributed by atoms with Gasteiger partial charge in [-0.3, -0.25) is 0 Å². The molecule has 0 spiro atoms. The van der Waals surface area contributed by atoms with E-state index in [-0.39, 0.29) is 27.7 Å². The Labute approximate surface area is 141 Å². The number of nitrogens with zero attached hydrogens (tertiary/aromatic N) is 1. The summed E-state index contributed by atoms with van der Waals surface area (Å²) in [6.07, 6.45) is -0.628. The van der Waals surface area contributed by atoms with Crippen molar-refractivity contribution in [1.29, 1.82) is 0 Å². The van der Waals surface area contributed by atoms with E-state index in [1.54, 1.807) is 20.1 Å². The average molecular weight is 349 g/mol. The highest BCUT2D eigenvalue weighted by atomic mass is 35.5. The molecule has 0 aliphatic heterocycles. The number of aromatic nitrogens is 1. The van der Waals surface area contributed by atoms with E-state index < -0.39 is 6.09 Å². The Hall–Kier alpha value is -1.20. The van der Waals surface area contributed by atoms with E-state index in [0.717, 1.165) is 5.56 Å². The zero-order chi connectivity index (χ0) is 17.1. The minimum Gasteiger partial charge on any atom is -0.496 e. The van der Waals surface area contributed by atoms with E-state index in [1.165, 1.54) is 0 Å². The van der Waals surface area contributed by atoms with Crippen LogP contribution in [0.2, 0.25) is 10.3 Å². The highest BCUT2D eigenvalue weighted by molar-refractivity contribution is 6.33.